The third-order valence-electron chi connectivity index (χ3n) is 4.45. The number of anilines is 1. The lowest BCUT2D eigenvalue weighted by Crippen LogP contribution is -2.42. The van der Waals surface area contributed by atoms with Gasteiger partial charge in [0.2, 0.25) is 5.91 Å². The Morgan fingerprint density at radius 3 is 2.82 bits per heavy atom. The molecular formula is C17H25ClN2O2. The van der Waals surface area contributed by atoms with Crippen molar-refractivity contribution < 1.29 is 9.53 Å². The van der Waals surface area contributed by atoms with Gasteiger partial charge in [0.05, 0.1) is 12.2 Å². The summed E-state index contributed by atoms with van der Waals surface area (Å²) >= 11 is 0. The number of nitrogens with zero attached hydrogens (tertiary/aromatic N) is 1. The number of para-hydroxylation sites is 2. The van der Waals surface area contributed by atoms with Crippen molar-refractivity contribution in [3.8, 4) is 5.75 Å². The maximum atomic E-state index is 12.6. The van der Waals surface area contributed by atoms with Crippen molar-refractivity contribution in [3.63, 3.8) is 0 Å². The minimum absolute atomic E-state index is 0. The number of halogens is 1. The van der Waals surface area contributed by atoms with Crippen LogP contribution in [0.3, 0.4) is 0 Å². The second kappa shape index (κ2) is 7.84. The first kappa shape index (κ1) is 17.1. The average Bonchev–Trinajstić information content (AvgIpc) is 2.52. The molecule has 122 valence electrons. The zero-order valence-corrected chi connectivity index (χ0v) is 13.9. The molecule has 2 aliphatic rings. The summed E-state index contributed by atoms with van der Waals surface area (Å²) in [4.78, 5) is 14.5. The van der Waals surface area contributed by atoms with Gasteiger partial charge in [-0.15, -0.1) is 12.4 Å². The van der Waals surface area contributed by atoms with Crippen LogP contribution in [0.4, 0.5) is 5.69 Å². The van der Waals surface area contributed by atoms with Gasteiger partial charge in [-0.2, -0.15) is 0 Å². The number of rotatable bonds is 3. The lowest BCUT2D eigenvalue weighted by molar-refractivity contribution is -0.119. The van der Waals surface area contributed by atoms with Crippen molar-refractivity contribution in [2.24, 2.45) is 5.92 Å². The van der Waals surface area contributed by atoms with Crippen molar-refractivity contribution in [3.05, 3.63) is 24.3 Å². The van der Waals surface area contributed by atoms with E-state index in [1.807, 2.05) is 36.1 Å². The zero-order valence-electron chi connectivity index (χ0n) is 13.1. The van der Waals surface area contributed by atoms with Crippen LogP contribution in [0.1, 0.15) is 32.6 Å². The fraction of sp³-hybridized carbons (Fsp3) is 0.588. The van der Waals surface area contributed by atoms with E-state index < -0.39 is 0 Å². The van der Waals surface area contributed by atoms with Gasteiger partial charge in [0, 0.05) is 6.42 Å². The second-order valence-electron chi connectivity index (χ2n) is 6.13. The van der Waals surface area contributed by atoms with E-state index in [0.717, 1.165) is 30.9 Å². The molecule has 22 heavy (non-hydrogen) atoms. The molecule has 0 bridgehead atoms. The van der Waals surface area contributed by atoms with E-state index in [2.05, 4.69) is 5.32 Å². The highest BCUT2D eigenvalue weighted by molar-refractivity contribution is 5.95. The first-order valence-corrected chi connectivity index (χ1v) is 8.01. The van der Waals surface area contributed by atoms with Crippen molar-refractivity contribution in [2.75, 3.05) is 24.5 Å². The molecule has 1 unspecified atom stereocenters. The Balaban J connectivity index is 0.00000176. The molecule has 2 aliphatic heterocycles. The monoisotopic (exact) mass is 324 g/mol. The molecule has 1 aromatic carbocycles. The first-order valence-electron chi connectivity index (χ1n) is 8.01. The number of amides is 1. The lowest BCUT2D eigenvalue weighted by atomic mass is 9.93. The zero-order chi connectivity index (χ0) is 14.7. The van der Waals surface area contributed by atoms with Gasteiger partial charge in [0.1, 0.15) is 11.9 Å². The van der Waals surface area contributed by atoms with Crippen molar-refractivity contribution >= 4 is 24.0 Å². The molecule has 0 aliphatic carbocycles. The van der Waals surface area contributed by atoms with E-state index in [9.17, 15) is 4.79 Å². The smallest absolute Gasteiger partial charge is 0.227 e. The largest absolute Gasteiger partial charge is 0.487 e. The predicted octanol–water partition coefficient (Wildman–Crippen LogP) is 3.00. The van der Waals surface area contributed by atoms with Crippen LogP contribution >= 0.6 is 12.4 Å². The standard InChI is InChI=1S/C17H24N2O2.ClH/c1-13-12-19(15-4-2-3-5-16(15)21-13)17(20)7-6-14-8-10-18-11-9-14;/h2-5,13-14,18H,6-12H2,1H3;1H. The van der Waals surface area contributed by atoms with Gasteiger partial charge >= 0.3 is 0 Å². The molecule has 0 saturated carbocycles. The van der Waals surface area contributed by atoms with Crippen LogP contribution < -0.4 is 15.0 Å². The normalized spacial score (nSPS) is 21.5. The van der Waals surface area contributed by atoms with Gasteiger partial charge in [0.25, 0.3) is 0 Å². The quantitative estimate of drug-likeness (QED) is 0.929. The number of hydrogen-bond donors (Lipinski definition) is 1. The molecule has 1 saturated heterocycles. The highest BCUT2D eigenvalue weighted by Gasteiger charge is 2.27. The number of carbonyl (C=O) groups is 1. The average molecular weight is 325 g/mol. The topological polar surface area (TPSA) is 41.6 Å². The lowest BCUT2D eigenvalue weighted by Gasteiger charge is -2.34. The summed E-state index contributed by atoms with van der Waals surface area (Å²) in [6.07, 6.45) is 4.11. The SMILES string of the molecule is CC1CN(C(=O)CCC2CCNCC2)c2ccccc2O1.Cl. The van der Waals surface area contributed by atoms with Gasteiger partial charge < -0.3 is 15.0 Å². The predicted molar refractivity (Wildman–Crippen MR) is 91.0 cm³/mol. The number of nitrogens with one attached hydrogen (secondary N) is 1. The van der Waals surface area contributed by atoms with Crippen LogP contribution in [0.25, 0.3) is 0 Å². The van der Waals surface area contributed by atoms with Crippen LogP contribution in [0.15, 0.2) is 24.3 Å². The van der Waals surface area contributed by atoms with Crippen LogP contribution in [0, 0.1) is 5.92 Å². The number of ether oxygens (including phenoxy) is 1. The molecule has 0 aromatic heterocycles. The fourth-order valence-electron chi connectivity index (χ4n) is 3.26. The number of piperidine rings is 1. The van der Waals surface area contributed by atoms with Crippen LogP contribution in [-0.4, -0.2) is 31.6 Å². The third-order valence-corrected chi connectivity index (χ3v) is 4.45. The fourth-order valence-corrected chi connectivity index (χ4v) is 3.26. The van der Waals surface area contributed by atoms with Gasteiger partial charge in [-0.25, -0.2) is 0 Å². The number of fused-ring (bicyclic) bond motifs is 1. The van der Waals surface area contributed by atoms with Crippen LogP contribution in [0.2, 0.25) is 0 Å². The molecule has 5 heteroatoms. The van der Waals surface area contributed by atoms with Gasteiger partial charge in [-0.3, -0.25) is 4.79 Å². The Kier molecular flexibility index (Phi) is 6.09. The minimum Gasteiger partial charge on any atom is -0.487 e. The third kappa shape index (κ3) is 3.93. The summed E-state index contributed by atoms with van der Waals surface area (Å²) in [5.74, 6) is 1.76. The summed E-state index contributed by atoms with van der Waals surface area (Å²) in [5.41, 5.74) is 0.922. The Morgan fingerprint density at radius 2 is 2.05 bits per heavy atom. The molecule has 3 rings (SSSR count). The maximum absolute atomic E-state index is 12.6. The first-order chi connectivity index (χ1) is 10.2. The molecule has 1 amide bonds. The van der Waals surface area contributed by atoms with E-state index >= 15 is 0 Å². The van der Waals surface area contributed by atoms with Crippen molar-refractivity contribution in [2.45, 2.75) is 38.7 Å². The highest BCUT2D eigenvalue weighted by Crippen LogP contribution is 2.33. The summed E-state index contributed by atoms with van der Waals surface area (Å²) in [5, 5.41) is 3.37. The van der Waals surface area contributed by atoms with E-state index in [1.165, 1.54) is 12.8 Å². The molecule has 1 N–H and O–H groups in total. The molecule has 0 radical (unpaired) electrons. The minimum atomic E-state index is 0. The Morgan fingerprint density at radius 1 is 1.32 bits per heavy atom. The summed E-state index contributed by atoms with van der Waals surface area (Å²) in [6.45, 7) is 4.86. The molecule has 1 aromatic rings. The molecule has 1 fully saturated rings. The van der Waals surface area contributed by atoms with Gasteiger partial charge in [-0.1, -0.05) is 12.1 Å². The number of carbonyl (C=O) groups excluding carboxylic acids is 1. The molecule has 2 heterocycles. The van der Waals surface area contributed by atoms with Crippen molar-refractivity contribution in [1.82, 2.24) is 5.32 Å². The summed E-state index contributed by atoms with van der Waals surface area (Å²) in [7, 11) is 0. The Bertz CT molecular complexity index is 503. The van der Waals surface area contributed by atoms with E-state index in [1.54, 1.807) is 0 Å². The molecule has 0 spiro atoms. The number of benzene rings is 1. The molecule has 1 atom stereocenters. The summed E-state index contributed by atoms with van der Waals surface area (Å²) < 4.78 is 5.80. The second-order valence-corrected chi connectivity index (χ2v) is 6.13. The molecular weight excluding hydrogens is 300 g/mol. The van der Waals surface area contributed by atoms with Crippen LogP contribution in [0.5, 0.6) is 5.75 Å². The Hall–Kier alpha value is -1.26. The molecule has 4 nitrogen and oxygen atoms in total. The summed E-state index contributed by atoms with van der Waals surface area (Å²) in [6, 6.07) is 7.83. The Labute approximate surface area is 138 Å². The van der Waals surface area contributed by atoms with E-state index in [4.69, 9.17) is 4.74 Å². The van der Waals surface area contributed by atoms with Gasteiger partial charge in [-0.05, 0) is 57.3 Å². The maximum Gasteiger partial charge on any atom is 0.227 e. The van der Waals surface area contributed by atoms with E-state index in [0.29, 0.717) is 18.9 Å². The number of hydrogen-bond acceptors (Lipinski definition) is 3. The van der Waals surface area contributed by atoms with Gasteiger partial charge in [0.15, 0.2) is 0 Å². The van der Waals surface area contributed by atoms with Crippen LogP contribution in [-0.2, 0) is 4.79 Å². The highest BCUT2D eigenvalue weighted by atomic mass is 35.5. The van der Waals surface area contributed by atoms with Crippen molar-refractivity contribution in [1.29, 1.82) is 0 Å². The van der Waals surface area contributed by atoms with E-state index in [-0.39, 0.29) is 24.4 Å².